The molecule has 0 atom stereocenters. The SMILES string of the molecule is c1ccc(-c2cc(-c3ccccc3)nc(-c3cccc(-n4c5ccccc5c5c6c(ccc54)-c4ccccc4CC6)c3)n2)cc1. The predicted octanol–water partition coefficient (Wildman–Crippen LogP) is 10.3. The molecule has 45 heavy (non-hydrogen) atoms. The fourth-order valence-corrected chi connectivity index (χ4v) is 7.06. The van der Waals surface area contributed by atoms with Gasteiger partial charge in [-0.1, -0.05) is 121 Å². The Balaban J connectivity index is 1.25. The summed E-state index contributed by atoms with van der Waals surface area (Å²) in [5.41, 5.74) is 14.1. The Morgan fingerprint density at radius 3 is 1.91 bits per heavy atom. The Labute approximate surface area is 262 Å². The topological polar surface area (TPSA) is 30.7 Å². The third-order valence-corrected chi connectivity index (χ3v) is 9.13. The van der Waals surface area contributed by atoms with Crippen molar-refractivity contribution in [1.29, 1.82) is 0 Å². The zero-order valence-corrected chi connectivity index (χ0v) is 24.7. The minimum Gasteiger partial charge on any atom is -0.309 e. The number of aromatic nitrogens is 3. The van der Waals surface area contributed by atoms with E-state index >= 15 is 0 Å². The lowest BCUT2D eigenvalue weighted by Crippen LogP contribution is -2.04. The first-order chi connectivity index (χ1) is 22.3. The number of benzene rings is 6. The van der Waals surface area contributed by atoms with Crippen LogP contribution in [0.2, 0.25) is 0 Å². The Morgan fingerprint density at radius 1 is 0.467 bits per heavy atom. The molecule has 0 amide bonds. The number of rotatable bonds is 4. The largest absolute Gasteiger partial charge is 0.309 e. The van der Waals surface area contributed by atoms with Crippen LogP contribution in [0.5, 0.6) is 0 Å². The normalized spacial score (nSPS) is 12.3. The fraction of sp³-hybridized carbons (Fsp3) is 0.0476. The van der Waals surface area contributed by atoms with Crippen LogP contribution in [0.1, 0.15) is 11.1 Å². The molecule has 1 aliphatic carbocycles. The van der Waals surface area contributed by atoms with E-state index in [1.807, 2.05) is 12.1 Å². The molecule has 0 N–H and O–H groups in total. The third kappa shape index (κ3) is 4.28. The number of para-hydroxylation sites is 1. The van der Waals surface area contributed by atoms with E-state index in [9.17, 15) is 0 Å². The smallest absolute Gasteiger partial charge is 0.160 e. The molecular weight excluding hydrogens is 546 g/mol. The van der Waals surface area contributed by atoms with Crippen LogP contribution < -0.4 is 0 Å². The van der Waals surface area contributed by atoms with Gasteiger partial charge < -0.3 is 4.57 Å². The third-order valence-electron chi connectivity index (χ3n) is 9.13. The molecule has 2 heterocycles. The highest BCUT2D eigenvalue weighted by Crippen LogP contribution is 2.42. The molecule has 0 radical (unpaired) electrons. The molecule has 1 aliphatic rings. The average Bonchev–Trinajstić information content (AvgIpc) is 3.47. The molecular formula is C42H29N3. The van der Waals surface area contributed by atoms with Crippen molar-refractivity contribution in [1.82, 2.24) is 14.5 Å². The van der Waals surface area contributed by atoms with Crippen molar-refractivity contribution in [3.05, 3.63) is 163 Å². The summed E-state index contributed by atoms with van der Waals surface area (Å²) in [5, 5.41) is 2.65. The van der Waals surface area contributed by atoms with E-state index in [2.05, 4.69) is 144 Å². The van der Waals surface area contributed by atoms with Gasteiger partial charge >= 0.3 is 0 Å². The summed E-state index contributed by atoms with van der Waals surface area (Å²) >= 11 is 0. The molecule has 0 unspecified atom stereocenters. The molecule has 0 aliphatic heterocycles. The highest BCUT2D eigenvalue weighted by atomic mass is 15.0. The number of hydrogen-bond acceptors (Lipinski definition) is 2. The summed E-state index contributed by atoms with van der Waals surface area (Å²) in [4.78, 5) is 10.2. The molecule has 0 fully saturated rings. The van der Waals surface area contributed by atoms with Gasteiger partial charge in [-0.15, -0.1) is 0 Å². The van der Waals surface area contributed by atoms with Gasteiger partial charge in [-0.25, -0.2) is 9.97 Å². The number of nitrogens with zero attached hydrogens (tertiary/aromatic N) is 3. The summed E-state index contributed by atoms with van der Waals surface area (Å²) < 4.78 is 2.41. The Hall–Kier alpha value is -5.80. The highest BCUT2D eigenvalue weighted by molar-refractivity contribution is 6.13. The molecule has 0 saturated carbocycles. The van der Waals surface area contributed by atoms with Gasteiger partial charge in [-0.05, 0) is 65.4 Å². The lowest BCUT2D eigenvalue weighted by Gasteiger charge is -2.21. The summed E-state index contributed by atoms with van der Waals surface area (Å²) in [6.45, 7) is 0. The van der Waals surface area contributed by atoms with E-state index in [0.29, 0.717) is 5.82 Å². The van der Waals surface area contributed by atoms with Crippen molar-refractivity contribution in [3.63, 3.8) is 0 Å². The number of fused-ring (bicyclic) bond motifs is 7. The van der Waals surface area contributed by atoms with Gasteiger partial charge in [-0.2, -0.15) is 0 Å². The summed E-state index contributed by atoms with van der Waals surface area (Å²) in [5.74, 6) is 0.715. The van der Waals surface area contributed by atoms with E-state index in [1.165, 1.54) is 44.1 Å². The summed E-state index contributed by atoms with van der Waals surface area (Å²) in [6.07, 6.45) is 2.11. The van der Waals surface area contributed by atoms with Gasteiger partial charge in [0.2, 0.25) is 0 Å². The van der Waals surface area contributed by atoms with Gasteiger partial charge in [0.05, 0.1) is 22.4 Å². The summed E-state index contributed by atoms with van der Waals surface area (Å²) in [7, 11) is 0. The van der Waals surface area contributed by atoms with Crippen LogP contribution in [0.3, 0.4) is 0 Å². The van der Waals surface area contributed by atoms with Gasteiger partial charge in [0.1, 0.15) is 0 Å². The van der Waals surface area contributed by atoms with Crippen LogP contribution in [0, 0.1) is 0 Å². The van der Waals surface area contributed by atoms with Crippen molar-refractivity contribution >= 4 is 21.8 Å². The zero-order chi connectivity index (χ0) is 29.7. The predicted molar refractivity (Wildman–Crippen MR) is 186 cm³/mol. The van der Waals surface area contributed by atoms with Gasteiger partial charge in [-0.3, -0.25) is 0 Å². The van der Waals surface area contributed by atoms with Crippen LogP contribution in [0.15, 0.2) is 152 Å². The summed E-state index contributed by atoms with van der Waals surface area (Å²) in [6, 6.07) is 53.8. The Kier molecular flexibility index (Phi) is 5.95. The minimum absolute atomic E-state index is 0.715. The average molecular weight is 576 g/mol. The second-order valence-corrected chi connectivity index (χ2v) is 11.7. The molecule has 9 rings (SSSR count). The van der Waals surface area contributed by atoms with Crippen LogP contribution in [-0.4, -0.2) is 14.5 Å². The van der Waals surface area contributed by atoms with Crippen LogP contribution in [0.4, 0.5) is 0 Å². The van der Waals surface area contributed by atoms with E-state index in [-0.39, 0.29) is 0 Å². The maximum Gasteiger partial charge on any atom is 0.160 e. The first-order valence-corrected chi connectivity index (χ1v) is 15.6. The van der Waals surface area contributed by atoms with Gasteiger partial charge in [0.25, 0.3) is 0 Å². The molecule has 3 nitrogen and oxygen atoms in total. The first-order valence-electron chi connectivity index (χ1n) is 15.6. The van der Waals surface area contributed by atoms with Gasteiger partial charge in [0, 0.05) is 33.2 Å². The lowest BCUT2D eigenvalue weighted by atomic mass is 9.83. The Bertz CT molecular complexity index is 2310. The molecule has 6 aromatic carbocycles. The zero-order valence-electron chi connectivity index (χ0n) is 24.7. The van der Waals surface area contributed by atoms with E-state index in [1.54, 1.807) is 0 Å². The number of hydrogen-bond donors (Lipinski definition) is 0. The van der Waals surface area contributed by atoms with Crippen molar-refractivity contribution in [2.75, 3.05) is 0 Å². The van der Waals surface area contributed by atoms with Crippen LogP contribution >= 0.6 is 0 Å². The van der Waals surface area contributed by atoms with E-state index in [4.69, 9.17) is 9.97 Å². The maximum absolute atomic E-state index is 5.11. The Morgan fingerprint density at radius 2 is 1.13 bits per heavy atom. The lowest BCUT2D eigenvalue weighted by molar-refractivity contribution is 0.951. The first kappa shape index (κ1) is 25.7. The molecule has 0 spiro atoms. The monoisotopic (exact) mass is 575 g/mol. The van der Waals surface area contributed by atoms with Crippen LogP contribution in [-0.2, 0) is 12.8 Å². The molecule has 2 aromatic heterocycles. The van der Waals surface area contributed by atoms with Crippen molar-refractivity contribution in [2.45, 2.75) is 12.8 Å². The van der Waals surface area contributed by atoms with Crippen LogP contribution in [0.25, 0.3) is 72.5 Å². The van der Waals surface area contributed by atoms with Gasteiger partial charge in [0.15, 0.2) is 5.82 Å². The number of aryl methyl sites for hydroxylation is 2. The van der Waals surface area contributed by atoms with Crippen molar-refractivity contribution in [2.24, 2.45) is 0 Å². The van der Waals surface area contributed by atoms with Crippen molar-refractivity contribution < 1.29 is 0 Å². The quantitative estimate of drug-likeness (QED) is 0.209. The second kappa shape index (κ2) is 10.4. The van der Waals surface area contributed by atoms with Crippen molar-refractivity contribution in [3.8, 4) is 50.7 Å². The molecule has 0 saturated heterocycles. The second-order valence-electron chi connectivity index (χ2n) is 11.7. The van der Waals surface area contributed by atoms with E-state index < -0.39 is 0 Å². The molecule has 212 valence electrons. The fourth-order valence-electron chi connectivity index (χ4n) is 7.06. The molecule has 8 aromatic rings. The van der Waals surface area contributed by atoms with E-state index in [0.717, 1.165) is 46.6 Å². The molecule has 3 heteroatoms. The maximum atomic E-state index is 5.11. The highest BCUT2D eigenvalue weighted by Gasteiger charge is 2.22. The minimum atomic E-state index is 0.715. The standard InChI is InChI=1S/C42H29N3/c1-3-13-29(14-4-1)37-27-38(30-15-5-2-6-16-30)44-42(43-37)31-17-11-18-32(26-31)45-39-21-10-9-20-36(39)41-35-23-22-28-12-7-8-19-33(28)34(35)24-25-40(41)45/h1-21,24-27H,22-23H2. The molecule has 0 bridgehead atoms.